The van der Waals surface area contributed by atoms with Crippen LogP contribution in [0.5, 0.6) is 0 Å². The van der Waals surface area contributed by atoms with Crippen LogP contribution in [0.4, 0.5) is 0 Å². The SMILES string of the molecule is Cc1ccoc1CN1Cc2ccccc2CC1C(=O)O. The summed E-state index contributed by atoms with van der Waals surface area (Å²) >= 11 is 0. The lowest BCUT2D eigenvalue weighted by molar-refractivity contribution is -0.144. The molecule has 4 nitrogen and oxygen atoms in total. The number of carbonyl (C=O) groups is 1. The zero-order chi connectivity index (χ0) is 14.1. The molecule has 0 amide bonds. The van der Waals surface area contributed by atoms with Crippen molar-refractivity contribution in [2.45, 2.75) is 32.5 Å². The first-order chi connectivity index (χ1) is 9.65. The van der Waals surface area contributed by atoms with E-state index in [0.717, 1.165) is 16.9 Å². The molecule has 1 aromatic heterocycles. The number of hydrogen-bond acceptors (Lipinski definition) is 3. The van der Waals surface area contributed by atoms with Crippen LogP contribution in [0.25, 0.3) is 0 Å². The molecule has 1 N–H and O–H groups in total. The number of carboxylic acid groups (broad SMARTS) is 1. The fraction of sp³-hybridized carbons (Fsp3) is 0.312. The van der Waals surface area contributed by atoms with Gasteiger partial charge in [-0.1, -0.05) is 24.3 Å². The predicted octanol–water partition coefficient (Wildman–Crippen LogP) is 2.60. The molecule has 0 radical (unpaired) electrons. The number of aliphatic carboxylic acids is 1. The van der Waals surface area contributed by atoms with Gasteiger partial charge < -0.3 is 9.52 Å². The third-order valence-electron chi connectivity index (χ3n) is 3.95. The first kappa shape index (κ1) is 12.9. The molecule has 0 saturated heterocycles. The summed E-state index contributed by atoms with van der Waals surface area (Å²) in [5.74, 6) is 0.0688. The van der Waals surface area contributed by atoms with Crippen LogP contribution >= 0.6 is 0 Å². The van der Waals surface area contributed by atoms with Crippen molar-refractivity contribution in [3.63, 3.8) is 0 Å². The quantitative estimate of drug-likeness (QED) is 0.932. The van der Waals surface area contributed by atoms with Gasteiger partial charge in [0.15, 0.2) is 0 Å². The minimum absolute atomic E-state index is 0.491. The van der Waals surface area contributed by atoms with Gasteiger partial charge >= 0.3 is 5.97 Å². The molecule has 2 heterocycles. The molecule has 3 rings (SSSR count). The Balaban J connectivity index is 1.89. The molecule has 0 bridgehead atoms. The van der Waals surface area contributed by atoms with Gasteiger partial charge in [-0.25, -0.2) is 0 Å². The van der Waals surface area contributed by atoms with Crippen molar-refractivity contribution in [3.8, 4) is 0 Å². The minimum Gasteiger partial charge on any atom is -0.480 e. The summed E-state index contributed by atoms with van der Waals surface area (Å²) in [5.41, 5.74) is 3.40. The second kappa shape index (κ2) is 5.13. The number of nitrogens with zero attached hydrogens (tertiary/aromatic N) is 1. The molecule has 0 fully saturated rings. The molecular formula is C16H17NO3. The van der Waals surface area contributed by atoms with E-state index in [0.29, 0.717) is 19.5 Å². The van der Waals surface area contributed by atoms with Crippen molar-refractivity contribution in [2.75, 3.05) is 0 Å². The van der Waals surface area contributed by atoms with Gasteiger partial charge in [0.25, 0.3) is 0 Å². The second-order valence-corrected chi connectivity index (χ2v) is 5.26. The summed E-state index contributed by atoms with van der Waals surface area (Å²) in [6.45, 7) is 3.16. The topological polar surface area (TPSA) is 53.7 Å². The van der Waals surface area contributed by atoms with E-state index in [2.05, 4.69) is 6.07 Å². The van der Waals surface area contributed by atoms with E-state index < -0.39 is 12.0 Å². The predicted molar refractivity (Wildman–Crippen MR) is 74.3 cm³/mol. The highest BCUT2D eigenvalue weighted by molar-refractivity contribution is 5.74. The lowest BCUT2D eigenvalue weighted by Gasteiger charge is -2.33. The fourth-order valence-electron chi connectivity index (χ4n) is 2.74. The maximum Gasteiger partial charge on any atom is 0.321 e. The molecule has 4 heteroatoms. The number of aryl methyl sites for hydroxylation is 1. The molecule has 2 aromatic rings. The van der Waals surface area contributed by atoms with Crippen LogP contribution in [-0.2, 0) is 24.3 Å². The summed E-state index contributed by atoms with van der Waals surface area (Å²) in [6, 6.07) is 9.45. The number of hydrogen-bond donors (Lipinski definition) is 1. The van der Waals surface area contributed by atoms with Crippen molar-refractivity contribution >= 4 is 5.97 Å². The van der Waals surface area contributed by atoms with Crippen LogP contribution in [0.3, 0.4) is 0 Å². The van der Waals surface area contributed by atoms with Gasteiger partial charge in [0.2, 0.25) is 0 Å². The Morgan fingerprint density at radius 3 is 2.75 bits per heavy atom. The number of rotatable bonds is 3. The van der Waals surface area contributed by atoms with Gasteiger partial charge in [-0.15, -0.1) is 0 Å². The van der Waals surface area contributed by atoms with E-state index in [1.807, 2.05) is 36.1 Å². The number of furan rings is 1. The molecule has 0 spiro atoms. The van der Waals surface area contributed by atoms with Crippen molar-refractivity contribution in [3.05, 3.63) is 59.0 Å². The Morgan fingerprint density at radius 2 is 2.10 bits per heavy atom. The van der Waals surface area contributed by atoms with E-state index in [1.54, 1.807) is 6.26 Å². The highest BCUT2D eigenvalue weighted by Gasteiger charge is 2.31. The van der Waals surface area contributed by atoms with Crippen LogP contribution in [0.15, 0.2) is 41.0 Å². The minimum atomic E-state index is -0.774. The molecule has 1 aromatic carbocycles. The summed E-state index contributed by atoms with van der Waals surface area (Å²) in [7, 11) is 0. The Morgan fingerprint density at radius 1 is 1.35 bits per heavy atom. The molecule has 1 atom stereocenters. The summed E-state index contributed by atoms with van der Waals surface area (Å²) < 4.78 is 5.45. The molecule has 104 valence electrons. The average Bonchev–Trinajstić information content (AvgIpc) is 2.83. The Hall–Kier alpha value is -2.07. The van der Waals surface area contributed by atoms with Crippen molar-refractivity contribution in [2.24, 2.45) is 0 Å². The maximum atomic E-state index is 11.5. The first-order valence-electron chi connectivity index (χ1n) is 6.72. The lowest BCUT2D eigenvalue weighted by Crippen LogP contribution is -2.45. The summed E-state index contributed by atoms with van der Waals surface area (Å²) in [4.78, 5) is 13.5. The standard InChI is InChI=1S/C16H17NO3/c1-11-6-7-20-15(11)10-17-9-13-5-3-2-4-12(13)8-14(17)16(18)19/h2-7,14H,8-10H2,1H3,(H,18,19). The van der Waals surface area contributed by atoms with Gasteiger partial charge in [-0.3, -0.25) is 9.69 Å². The maximum absolute atomic E-state index is 11.5. The largest absolute Gasteiger partial charge is 0.480 e. The molecule has 0 saturated carbocycles. The zero-order valence-electron chi connectivity index (χ0n) is 11.4. The van der Waals surface area contributed by atoms with Crippen LogP contribution < -0.4 is 0 Å². The van der Waals surface area contributed by atoms with E-state index in [1.165, 1.54) is 5.56 Å². The molecule has 20 heavy (non-hydrogen) atoms. The molecular weight excluding hydrogens is 254 g/mol. The third kappa shape index (κ3) is 2.34. The molecule has 1 aliphatic rings. The highest BCUT2D eigenvalue weighted by atomic mass is 16.4. The van der Waals surface area contributed by atoms with Crippen LogP contribution in [0.2, 0.25) is 0 Å². The van der Waals surface area contributed by atoms with Gasteiger partial charge in [0.05, 0.1) is 12.8 Å². The van der Waals surface area contributed by atoms with Gasteiger partial charge in [0, 0.05) is 6.54 Å². The van der Waals surface area contributed by atoms with Crippen LogP contribution in [0, 0.1) is 6.92 Å². The van der Waals surface area contributed by atoms with Crippen molar-refractivity contribution < 1.29 is 14.3 Å². The summed E-state index contributed by atoms with van der Waals surface area (Å²) in [5, 5.41) is 9.46. The number of carboxylic acids is 1. The van der Waals surface area contributed by atoms with Gasteiger partial charge in [0.1, 0.15) is 11.8 Å². The number of fused-ring (bicyclic) bond motifs is 1. The molecule has 0 aliphatic carbocycles. The fourth-order valence-corrected chi connectivity index (χ4v) is 2.74. The van der Waals surface area contributed by atoms with E-state index >= 15 is 0 Å². The van der Waals surface area contributed by atoms with Crippen molar-refractivity contribution in [1.29, 1.82) is 0 Å². The highest BCUT2D eigenvalue weighted by Crippen LogP contribution is 2.26. The Labute approximate surface area is 117 Å². The zero-order valence-corrected chi connectivity index (χ0v) is 11.4. The van der Waals surface area contributed by atoms with E-state index in [9.17, 15) is 9.90 Å². The second-order valence-electron chi connectivity index (χ2n) is 5.26. The van der Waals surface area contributed by atoms with Crippen LogP contribution in [-0.4, -0.2) is 22.0 Å². The molecule has 1 unspecified atom stereocenters. The monoisotopic (exact) mass is 271 g/mol. The normalized spacial score (nSPS) is 18.8. The van der Waals surface area contributed by atoms with E-state index in [-0.39, 0.29) is 0 Å². The smallest absolute Gasteiger partial charge is 0.321 e. The molecule has 1 aliphatic heterocycles. The van der Waals surface area contributed by atoms with E-state index in [4.69, 9.17) is 4.42 Å². The first-order valence-corrected chi connectivity index (χ1v) is 6.72. The van der Waals surface area contributed by atoms with Crippen LogP contribution in [0.1, 0.15) is 22.5 Å². The lowest BCUT2D eigenvalue weighted by atomic mass is 9.94. The van der Waals surface area contributed by atoms with Gasteiger partial charge in [-0.2, -0.15) is 0 Å². The van der Waals surface area contributed by atoms with Gasteiger partial charge in [-0.05, 0) is 36.1 Å². The third-order valence-corrected chi connectivity index (χ3v) is 3.95. The van der Waals surface area contributed by atoms with Crippen molar-refractivity contribution in [1.82, 2.24) is 4.90 Å². The number of benzene rings is 1. The summed E-state index contributed by atoms with van der Waals surface area (Å²) in [6.07, 6.45) is 2.20. The Kier molecular flexibility index (Phi) is 3.32. The Bertz CT molecular complexity index is 632. The average molecular weight is 271 g/mol.